The Morgan fingerprint density at radius 1 is 1.36 bits per heavy atom. The lowest BCUT2D eigenvalue weighted by molar-refractivity contribution is 0.0466. The van der Waals surface area contributed by atoms with Crippen molar-refractivity contribution in [2.45, 2.75) is 13.5 Å². The number of aryl methyl sites for hydroxylation is 1. The second-order valence-corrected chi connectivity index (χ2v) is 5.41. The molecule has 0 unspecified atom stereocenters. The van der Waals surface area contributed by atoms with Gasteiger partial charge in [-0.3, -0.25) is 9.20 Å². The van der Waals surface area contributed by atoms with E-state index in [4.69, 9.17) is 10.00 Å². The summed E-state index contributed by atoms with van der Waals surface area (Å²) in [6.07, 6.45) is 2.70. The predicted molar refractivity (Wildman–Crippen MR) is 86.4 cm³/mol. The van der Waals surface area contributed by atoms with Crippen molar-refractivity contribution in [1.29, 1.82) is 5.26 Å². The molecule has 3 rings (SSSR count). The van der Waals surface area contributed by atoms with Gasteiger partial charge in [0, 0.05) is 18.0 Å². The van der Waals surface area contributed by atoms with E-state index in [1.54, 1.807) is 18.3 Å². The highest BCUT2D eigenvalue weighted by atomic mass is 19.1. The summed E-state index contributed by atoms with van der Waals surface area (Å²) in [5.41, 5.74) is 0.717. The standard InChI is InChI=1S/C18H12FN3O3/c1-11-2-5-16-21-8-14(17(23)22(16)9-11)18(24)25-10-13-6-12(7-20)3-4-15(13)19/h2-6,8-9H,10H2,1H3. The van der Waals surface area contributed by atoms with Crippen LogP contribution >= 0.6 is 0 Å². The van der Waals surface area contributed by atoms with Crippen molar-refractivity contribution in [3.05, 3.63) is 81.2 Å². The molecule has 6 nitrogen and oxygen atoms in total. The van der Waals surface area contributed by atoms with E-state index in [9.17, 15) is 14.0 Å². The number of pyridine rings is 1. The molecule has 0 aliphatic carbocycles. The summed E-state index contributed by atoms with van der Waals surface area (Å²) >= 11 is 0. The summed E-state index contributed by atoms with van der Waals surface area (Å²) in [6, 6.07) is 9.07. The van der Waals surface area contributed by atoms with Crippen LogP contribution in [0.15, 0.2) is 47.5 Å². The summed E-state index contributed by atoms with van der Waals surface area (Å²) < 4.78 is 20.0. The number of carbonyl (C=O) groups is 1. The van der Waals surface area contributed by atoms with Crippen LogP contribution in [0.5, 0.6) is 0 Å². The molecule has 124 valence electrons. The summed E-state index contributed by atoms with van der Waals surface area (Å²) in [5, 5.41) is 8.84. The van der Waals surface area contributed by atoms with Crippen molar-refractivity contribution in [2.75, 3.05) is 0 Å². The molecule has 0 aliphatic rings. The van der Waals surface area contributed by atoms with E-state index in [1.807, 2.05) is 13.0 Å². The molecule has 0 radical (unpaired) electrons. The second-order valence-electron chi connectivity index (χ2n) is 5.41. The fourth-order valence-electron chi connectivity index (χ4n) is 2.30. The number of ether oxygens (including phenoxy) is 1. The minimum Gasteiger partial charge on any atom is -0.457 e. The zero-order valence-electron chi connectivity index (χ0n) is 13.2. The molecule has 0 spiro atoms. The van der Waals surface area contributed by atoms with Gasteiger partial charge in [-0.25, -0.2) is 14.2 Å². The Morgan fingerprint density at radius 3 is 2.92 bits per heavy atom. The molecule has 0 bridgehead atoms. The summed E-state index contributed by atoms with van der Waals surface area (Å²) in [5.74, 6) is -1.51. The molecule has 0 saturated heterocycles. The van der Waals surface area contributed by atoms with Crippen molar-refractivity contribution < 1.29 is 13.9 Å². The molecule has 2 heterocycles. The van der Waals surface area contributed by atoms with Crippen LogP contribution in [0.3, 0.4) is 0 Å². The topological polar surface area (TPSA) is 84.5 Å². The van der Waals surface area contributed by atoms with Gasteiger partial charge in [0.1, 0.15) is 23.6 Å². The smallest absolute Gasteiger partial charge is 0.345 e. The molecule has 3 aromatic rings. The third-order valence-corrected chi connectivity index (χ3v) is 3.60. The molecule has 1 aromatic carbocycles. The molecule has 0 fully saturated rings. The molecule has 0 N–H and O–H groups in total. The maximum absolute atomic E-state index is 13.7. The van der Waals surface area contributed by atoms with Crippen LogP contribution in [-0.2, 0) is 11.3 Å². The van der Waals surface area contributed by atoms with E-state index in [1.165, 1.54) is 16.5 Å². The highest BCUT2D eigenvalue weighted by Crippen LogP contribution is 2.12. The molecule has 7 heteroatoms. The van der Waals surface area contributed by atoms with Crippen LogP contribution in [0.1, 0.15) is 27.0 Å². The Labute approximate surface area is 141 Å². The zero-order chi connectivity index (χ0) is 18.0. The van der Waals surface area contributed by atoms with Crippen molar-refractivity contribution in [3.63, 3.8) is 0 Å². The number of benzene rings is 1. The van der Waals surface area contributed by atoms with Crippen LogP contribution in [-0.4, -0.2) is 15.4 Å². The van der Waals surface area contributed by atoms with E-state index in [0.29, 0.717) is 5.65 Å². The first-order valence-corrected chi connectivity index (χ1v) is 7.33. The van der Waals surface area contributed by atoms with Gasteiger partial charge in [-0.05, 0) is 36.8 Å². The number of halogens is 1. The summed E-state index contributed by atoms with van der Waals surface area (Å²) in [4.78, 5) is 28.6. The van der Waals surface area contributed by atoms with E-state index in [0.717, 1.165) is 17.8 Å². The van der Waals surface area contributed by atoms with Crippen LogP contribution in [0.2, 0.25) is 0 Å². The van der Waals surface area contributed by atoms with Gasteiger partial charge in [0.15, 0.2) is 0 Å². The maximum Gasteiger partial charge on any atom is 0.345 e. The van der Waals surface area contributed by atoms with Gasteiger partial charge in [0.2, 0.25) is 0 Å². The van der Waals surface area contributed by atoms with Gasteiger partial charge in [-0.2, -0.15) is 5.26 Å². The number of nitriles is 1. The highest BCUT2D eigenvalue weighted by molar-refractivity contribution is 5.88. The Hall–Kier alpha value is -3.53. The quantitative estimate of drug-likeness (QED) is 0.685. The Kier molecular flexibility index (Phi) is 4.27. The third-order valence-electron chi connectivity index (χ3n) is 3.60. The average molecular weight is 337 g/mol. The maximum atomic E-state index is 13.7. The van der Waals surface area contributed by atoms with Gasteiger partial charge in [-0.15, -0.1) is 0 Å². The molecule has 0 atom stereocenters. The first kappa shape index (κ1) is 16.3. The van der Waals surface area contributed by atoms with E-state index >= 15 is 0 Å². The lowest BCUT2D eigenvalue weighted by Crippen LogP contribution is -2.24. The van der Waals surface area contributed by atoms with E-state index < -0.39 is 24.0 Å². The van der Waals surface area contributed by atoms with Gasteiger partial charge < -0.3 is 4.74 Å². The van der Waals surface area contributed by atoms with Crippen molar-refractivity contribution in [3.8, 4) is 6.07 Å². The molecular weight excluding hydrogens is 325 g/mol. The average Bonchev–Trinajstić information content (AvgIpc) is 2.61. The lowest BCUT2D eigenvalue weighted by Gasteiger charge is -2.07. The van der Waals surface area contributed by atoms with E-state index in [-0.39, 0.29) is 16.7 Å². The van der Waals surface area contributed by atoms with Crippen LogP contribution in [0.25, 0.3) is 5.65 Å². The fourth-order valence-corrected chi connectivity index (χ4v) is 2.30. The molecule has 0 amide bonds. The number of carbonyl (C=O) groups excluding carboxylic acids is 1. The Bertz CT molecular complexity index is 1080. The molecule has 25 heavy (non-hydrogen) atoms. The number of aromatic nitrogens is 2. The van der Waals surface area contributed by atoms with Crippen molar-refractivity contribution in [1.82, 2.24) is 9.38 Å². The number of esters is 1. The molecular formula is C18H12FN3O3. The van der Waals surface area contributed by atoms with Crippen LogP contribution in [0.4, 0.5) is 4.39 Å². The first-order chi connectivity index (χ1) is 12.0. The minimum absolute atomic E-state index is 0.0529. The molecule has 0 aliphatic heterocycles. The summed E-state index contributed by atoms with van der Waals surface area (Å²) in [7, 11) is 0. The fraction of sp³-hybridized carbons (Fsp3) is 0.111. The summed E-state index contributed by atoms with van der Waals surface area (Å²) in [6.45, 7) is 1.41. The van der Waals surface area contributed by atoms with Gasteiger partial charge >= 0.3 is 5.97 Å². The zero-order valence-corrected chi connectivity index (χ0v) is 13.2. The Balaban J connectivity index is 1.87. The number of fused-ring (bicyclic) bond motifs is 1. The first-order valence-electron chi connectivity index (χ1n) is 7.33. The van der Waals surface area contributed by atoms with Crippen LogP contribution in [0, 0.1) is 24.1 Å². The number of rotatable bonds is 3. The highest BCUT2D eigenvalue weighted by Gasteiger charge is 2.16. The SMILES string of the molecule is Cc1ccc2ncc(C(=O)OCc3cc(C#N)ccc3F)c(=O)n2c1. The van der Waals surface area contributed by atoms with Crippen molar-refractivity contribution in [2.24, 2.45) is 0 Å². The largest absolute Gasteiger partial charge is 0.457 e. The number of nitrogens with zero attached hydrogens (tertiary/aromatic N) is 3. The Morgan fingerprint density at radius 2 is 2.16 bits per heavy atom. The molecule has 0 saturated carbocycles. The number of hydrogen-bond acceptors (Lipinski definition) is 5. The second kappa shape index (κ2) is 6.53. The molecule has 2 aromatic heterocycles. The van der Waals surface area contributed by atoms with Gasteiger partial charge in [0.25, 0.3) is 5.56 Å². The van der Waals surface area contributed by atoms with Gasteiger partial charge in [-0.1, -0.05) is 6.07 Å². The van der Waals surface area contributed by atoms with Crippen LogP contribution < -0.4 is 5.56 Å². The predicted octanol–water partition coefficient (Wildman–Crippen LogP) is 2.37. The number of hydrogen-bond donors (Lipinski definition) is 0. The monoisotopic (exact) mass is 337 g/mol. The minimum atomic E-state index is -0.907. The normalized spacial score (nSPS) is 10.4. The third kappa shape index (κ3) is 3.23. The lowest BCUT2D eigenvalue weighted by atomic mass is 10.1. The van der Waals surface area contributed by atoms with E-state index in [2.05, 4.69) is 4.98 Å². The van der Waals surface area contributed by atoms with Crippen molar-refractivity contribution >= 4 is 11.6 Å². The van der Waals surface area contributed by atoms with Gasteiger partial charge in [0.05, 0.1) is 11.6 Å².